The van der Waals surface area contributed by atoms with Crippen LogP contribution in [0.2, 0.25) is 0 Å². The molecule has 1 heterocycles. The predicted molar refractivity (Wildman–Crippen MR) is 132 cm³/mol. The largest absolute Gasteiger partial charge is 0.487 e. The third-order valence-electron chi connectivity index (χ3n) is 4.47. The molecule has 3 aromatic carbocycles. The van der Waals surface area contributed by atoms with Crippen molar-refractivity contribution in [3.63, 3.8) is 0 Å². The fourth-order valence-electron chi connectivity index (χ4n) is 3.13. The molecule has 4 rings (SSSR count). The van der Waals surface area contributed by atoms with Gasteiger partial charge in [-0.25, -0.2) is 0 Å². The highest BCUT2D eigenvalue weighted by Gasteiger charge is 2.22. The molecule has 0 aromatic heterocycles. The minimum atomic E-state index is -0.378. The maximum Gasteiger partial charge on any atom is 0.286 e. The number of hydrogen-bond acceptors (Lipinski definition) is 4. The van der Waals surface area contributed by atoms with E-state index in [-0.39, 0.29) is 17.0 Å². The Hall–Kier alpha value is -2.42. The van der Waals surface area contributed by atoms with Crippen molar-refractivity contribution in [3.05, 3.63) is 79.6 Å². The molecular weight excluding hydrogens is 544 g/mol. The first-order valence-electron chi connectivity index (χ1n) is 9.29. The second-order valence-electron chi connectivity index (χ2n) is 6.75. The van der Waals surface area contributed by atoms with Crippen LogP contribution in [0, 0.1) is 0 Å². The standard InChI is InChI=1S/C23H16Br2N2O3S/c1-13(28)26-23-27-22(29)20(31-23)11-14-9-18(24)21(19(25)10-14)30-12-16-7-4-6-15-5-2-3-8-17(15)16/h2-11H,12H2,1H3,(H,26,27,28,29)/b20-11+. The first-order valence-corrected chi connectivity index (χ1v) is 11.7. The van der Waals surface area contributed by atoms with Gasteiger partial charge in [0.05, 0.1) is 13.9 Å². The van der Waals surface area contributed by atoms with Gasteiger partial charge in [0.2, 0.25) is 5.91 Å². The van der Waals surface area contributed by atoms with Crippen molar-refractivity contribution < 1.29 is 14.3 Å². The lowest BCUT2D eigenvalue weighted by Gasteiger charge is -2.13. The summed E-state index contributed by atoms with van der Waals surface area (Å²) in [5.74, 6) is 0.0337. The van der Waals surface area contributed by atoms with Crippen molar-refractivity contribution in [2.45, 2.75) is 13.5 Å². The van der Waals surface area contributed by atoms with E-state index in [9.17, 15) is 9.59 Å². The molecule has 0 fully saturated rings. The molecule has 0 saturated carbocycles. The van der Waals surface area contributed by atoms with E-state index in [2.05, 4.69) is 66.4 Å². The van der Waals surface area contributed by atoms with Gasteiger partial charge in [0.15, 0.2) is 5.17 Å². The summed E-state index contributed by atoms with van der Waals surface area (Å²) >= 11 is 8.27. The number of amidine groups is 1. The van der Waals surface area contributed by atoms with Crippen LogP contribution in [0.4, 0.5) is 0 Å². The number of fused-ring (bicyclic) bond motifs is 1. The Bertz CT molecular complexity index is 1240. The van der Waals surface area contributed by atoms with Crippen LogP contribution in [0.1, 0.15) is 18.1 Å². The van der Waals surface area contributed by atoms with Gasteiger partial charge in [-0.1, -0.05) is 42.5 Å². The average molecular weight is 560 g/mol. The highest BCUT2D eigenvalue weighted by Crippen LogP contribution is 2.37. The number of aliphatic imine (C=N–C) groups is 1. The SMILES string of the molecule is CC(=O)NC1=NC(=O)/C(=C\c2cc(Br)c(OCc3cccc4ccccc34)c(Br)c2)S1. The molecule has 1 aliphatic rings. The van der Waals surface area contributed by atoms with Gasteiger partial charge in [-0.2, -0.15) is 4.99 Å². The number of carbonyl (C=O) groups excluding carboxylic acids is 2. The summed E-state index contributed by atoms with van der Waals surface area (Å²) in [7, 11) is 0. The first-order chi connectivity index (χ1) is 14.9. The van der Waals surface area contributed by atoms with E-state index in [1.807, 2.05) is 30.3 Å². The Labute approximate surface area is 200 Å². The van der Waals surface area contributed by atoms with Crippen molar-refractivity contribution >= 4 is 77.5 Å². The Balaban J connectivity index is 1.53. The Morgan fingerprint density at radius 1 is 1.13 bits per heavy atom. The summed E-state index contributed by atoms with van der Waals surface area (Å²) in [5.41, 5.74) is 1.89. The number of thioether (sulfide) groups is 1. The fraction of sp³-hybridized carbons (Fsp3) is 0.0870. The zero-order chi connectivity index (χ0) is 22.0. The molecule has 156 valence electrons. The number of halogens is 2. The minimum absolute atomic E-state index is 0.265. The van der Waals surface area contributed by atoms with E-state index in [1.165, 1.54) is 12.3 Å². The molecule has 3 aromatic rings. The Morgan fingerprint density at radius 3 is 2.58 bits per heavy atom. The number of benzene rings is 3. The van der Waals surface area contributed by atoms with Gasteiger partial charge in [-0.15, -0.1) is 0 Å². The second kappa shape index (κ2) is 9.38. The smallest absolute Gasteiger partial charge is 0.286 e. The molecule has 5 nitrogen and oxygen atoms in total. The molecule has 0 atom stereocenters. The molecule has 31 heavy (non-hydrogen) atoms. The quantitative estimate of drug-likeness (QED) is 0.395. The van der Waals surface area contributed by atoms with Gasteiger partial charge in [-0.3, -0.25) is 9.59 Å². The molecule has 1 N–H and O–H groups in total. The normalized spacial score (nSPS) is 14.7. The van der Waals surface area contributed by atoms with Crippen molar-refractivity contribution in [1.82, 2.24) is 5.32 Å². The number of nitrogens with zero attached hydrogens (tertiary/aromatic N) is 1. The van der Waals surface area contributed by atoms with Crippen LogP contribution in [0.5, 0.6) is 5.75 Å². The molecule has 8 heteroatoms. The van der Waals surface area contributed by atoms with Crippen molar-refractivity contribution in [2.75, 3.05) is 0 Å². The Morgan fingerprint density at radius 2 is 1.84 bits per heavy atom. The number of hydrogen-bond donors (Lipinski definition) is 1. The highest BCUT2D eigenvalue weighted by atomic mass is 79.9. The number of carbonyl (C=O) groups is 2. The first kappa shape index (κ1) is 21.8. The summed E-state index contributed by atoms with van der Waals surface area (Å²) in [6.45, 7) is 1.79. The average Bonchev–Trinajstić information content (AvgIpc) is 3.05. The number of amides is 2. The monoisotopic (exact) mass is 558 g/mol. The zero-order valence-corrected chi connectivity index (χ0v) is 20.3. The van der Waals surface area contributed by atoms with E-state index in [4.69, 9.17) is 4.74 Å². The molecule has 0 radical (unpaired) electrons. The molecule has 0 saturated heterocycles. The van der Waals surface area contributed by atoms with E-state index in [1.54, 1.807) is 6.08 Å². The minimum Gasteiger partial charge on any atom is -0.487 e. The van der Waals surface area contributed by atoms with Gasteiger partial charge < -0.3 is 10.1 Å². The van der Waals surface area contributed by atoms with Crippen molar-refractivity contribution in [2.24, 2.45) is 4.99 Å². The van der Waals surface area contributed by atoms with Crippen LogP contribution in [-0.4, -0.2) is 17.0 Å². The van der Waals surface area contributed by atoms with Crippen molar-refractivity contribution in [1.29, 1.82) is 0 Å². The summed E-state index contributed by atoms with van der Waals surface area (Å²) in [6.07, 6.45) is 1.73. The van der Waals surface area contributed by atoms with Crippen LogP contribution >= 0.6 is 43.6 Å². The molecule has 0 aliphatic carbocycles. The Kier molecular flexibility index (Phi) is 6.60. The van der Waals surface area contributed by atoms with Gasteiger partial charge in [-0.05, 0) is 83.7 Å². The van der Waals surface area contributed by atoms with E-state index in [0.29, 0.717) is 17.3 Å². The number of ether oxygens (including phenoxy) is 1. The third-order valence-corrected chi connectivity index (χ3v) is 6.55. The van der Waals surface area contributed by atoms with Crippen LogP contribution in [0.25, 0.3) is 16.8 Å². The topological polar surface area (TPSA) is 67.8 Å². The zero-order valence-electron chi connectivity index (χ0n) is 16.3. The molecule has 1 aliphatic heterocycles. The lowest BCUT2D eigenvalue weighted by molar-refractivity contribution is -0.117. The van der Waals surface area contributed by atoms with E-state index < -0.39 is 0 Å². The van der Waals surface area contributed by atoms with Gasteiger partial charge >= 0.3 is 0 Å². The van der Waals surface area contributed by atoms with Gasteiger partial charge in [0.25, 0.3) is 5.91 Å². The molecule has 0 bridgehead atoms. The van der Waals surface area contributed by atoms with E-state index in [0.717, 1.165) is 37.2 Å². The maximum atomic E-state index is 12.1. The summed E-state index contributed by atoms with van der Waals surface area (Å²) in [6, 6.07) is 18.1. The third kappa shape index (κ3) is 5.08. The summed E-state index contributed by atoms with van der Waals surface area (Å²) in [5, 5.41) is 5.15. The molecule has 0 spiro atoms. The van der Waals surface area contributed by atoms with E-state index >= 15 is 0 Å². The fourth-order valence-corrected chi connectivity index (χ4v) is 5.44. The lowest BCUT2D eigenvalue weighted by atomic mass is 10.1. The highest BCUT2D eigenvalue weighted by molar-refractivity contribution is 9.11. The summed E-state index contributed by atoms with van der Waals surface area (Å²) < 4.78 is 7.63. The number of rotatable bonds is 4. The summed E-state index contributed by atoms with van der Waals surface area (Å²) in [4.78, 5) is 27.6. The van der Waals surface area contributed by atoms with Crippen molar-refractivity contribution in [3.8, 4) is 5.75 Å². The lowest BCUT2D eigenvalue weighted by Crippen LogP contribution is -2.23. The molecule has 2 amide bonds. The van der Waals surface area contributed by atoms with Crippen LogP contribution in [0.3, 0.4) is 0 Å². The predicted octanol–water partition coefficient (Wildman–Crippen LogP) is 6.05. The maximum absolute atomic E-state index is 12.1. The van der Waals surface area contributed by atoms with Crippen LogP contribution in [0.15, 0.2) is 73.4 Å². The molecule has 0 unspecified atom stereocenters. The van der Waals surface area contributed by atoms with Gasteiger partial charge in [0, 0.05) is 6.92 Å². The van der Waals surface area contributed by atoms with Crippen LogP contribution in [-0.2, 0) is 16.2 Å². The van der Waals surface area contributed by atoms with Gasteiger partial charge in [0.1, 0.15) is 12.4 Å². The second-order valence-corrected chi connectivity index (χ2v) is 9.49. The molecular formula is C23H16Br2N2O3S. The van der Waals surface area contributed by atoms with Crippen LogP contribution < -0.4 is 10.1 Å². The number of nitrogens with one attached hydrogen (secondary N) is 1.